The molecule has 0 spiro atoms. The van der Waals surface area contributed by atoms with Gasteiger partial charge < -0.3 is 4.42 Å². The summed E-state index contributed by atoms with van der Waals surface area (Å²) in [5.41, 5.74) is 0.782. The van der Waals surface area contributed by atoms with Crippen molar-refractivity contribution >= 4 is 17.4 Å². The van der Waals surface area contributed by atoms with Crippen molar-refractivity contribution in [1.29, 1.82) is 0 Å². The Morgan fingerprint density at radius 1 is 1.12 bits per heavy atom. The molecule has 122 valence electrons. The highest BCUT2D eigenvalue weighted by Crippen LogP contribution is 2.29. The Morgan fingerprint density at radius 2 is 1.92 bits per heavy atom. The van der Waals surface area contributed by atoms with Gasteiger partial charge in [0.15, 0.2) is 0 Å². The summed E-state index contributed by atoms with van der Waals surface area (Å²) in [6.07, 6.45) is 0.494. The molecule has 0 aliphatic rings. The molecule has 0 N–H and O–H groups in total. The molecule has 6 nitrogen and oxygen atoms in total. The predicted molar refractivity (Wildman–Crippen MR) is 86.2 cm³/mol. The molecule has 1 heterocycles. The lowest BCUT2D eigenvalue weighted by molar-refractivity contribution is -0.385. The molecular formula is C16H12FN3O3S. The van der Waals surface area contributed by atoms with E-state index < -0.39 is 10.7 Å². The lowest BCUT2D eigenvalue weighted by Crippen LogP contribution is -1.97. The smallest absolute Gasteiger partial charge is 0.276 e. The summed E-state index contributed by atoms with van der Waals surface area (Å²) in [6, 6.07) is 13.4. The number of benzene rings is 2. The average molecular weight is 345 g/mol. The standard InChI is InChI=1S/C16H12FN3O3S/c17-13-7-4-8-14(20(21)22)12(13)10-24-16-19-18-15(23-16)9-11-5-2-1-3-6-11/h1-8H,9-10H2. The van der Waals surface area contributed by atoms with Crippen molar-refractivity contribution in [3.05, 3.63) is 81.5 Å². The lowest BCUT2D eigenvalue weighted by Gasteiger charge is -2.02. The average Bonchev–Trinajstić information content (AvgIpc) is 3.01. The zero-order valence-corrected chi connectivity index (χ0v) is 13.2. The van der Waals surface area contributed by atoms with Crippen LogP contribution in [0.2, 0.25) is 0 Å². The van der Waals surface area contributed by atoms with E-state index in [1.54, 1.807) is 0 Å². The second-order valence-corrected chi connectivity index (χ2v) is 5.83. The predicted octanol–water partition coefficient (Wildman–Crippen LogP) is 4.00. The highest BCUT2D eigenvalue weighted by atomic mass is 32.2. The van der Waals surface area contributed by atoms with E-state index in [-0.39, 0.29) is 22.2 Å². The van der Waals surface area contributed by atoms with Gasteiger partial charge in [-0.1, -0.05) is 48.2 Å². The van der Waals surface area contributed by atoms with E-state index in [1.807, 2.05) is 30.3 Å². The Kier molecular flexibility index (Phi) is 4.85. The number of thioether (sulfide) groups is 1. The normalized spacial score (nSPS) is 10.7. The van der Waals surface area contributed by atoms with Crippen molar-refractivity contribution in [3.8, 4) is 0 Å². The van der Waals surface area contributed by atoms with E-state index in [1.165, 1.54) is 18.2 Å². The van der Waals surface area contributed by atoms with Crippen LogP contribution in [0.3, 0.4) is 0 Å². The van der Waals surface area contributed by atoms with Crippen LogP contribution in [0.25, 0.3) is 0 Å². The van der Waals surface area contributed by atoms with Gasteiger partial charge in [0, 0.05) is 11.8 Å². The van der Waals surface area contributed by atoms with Crippen molar-refractivity contribution in [1.82, 2.24) is 10.2 Å². The number of aromatic nitrogens is 2. The molecule has 1 aromatic heterocycles. The van der Waals surface area contributed by atoms with Crippen LogP contribution < -0.4 is 0 Å². The molecule has 0 radical (unpaired) electrons. The van der Waals surface area contributed by atoms with Gasteiger partial charge in [0.05, 0.1) is 16.9 Å². The first kappa shape index (κ1) is 16.1. The van der Waals surface area contributed by atoms with Gasteiger partial charge in [-0.05, 0) is 11.6 Å². The van der Waals surface area contributed by atoms with Crippen LogP contribution in [-0.2, 0) is 12.2 Å². The summed E-state index contributed by atoms with van der Waals surface area (Å²) in [4.78, 5) is 10.4. The van der Waals surface area contributed by atoms with Crippen LogP contribution in [-0.4, -0.2) is 15.1 Å². The fourth-order valence-corrected chi connectivity index (χ4v) is 2.94. The van der Waals surface area contributed by atoms with Crippen LogP contribution in [0.5, 0.6) is 0 Å². The van der Waals surface area contributed by atoms with Gasteiger partial charge in [-0.15, -0.1) is 10.2 Å². The Labute approximate surface area is 140 Å². The Bertz CT molecular complexity index is 855. The number of nitro benzene ring substituents is 1. The van der Waals surface area contributed by atoms with Gasteiger partial charge in [-0.25, -0.2) is 4.39 Å². The highest BCUT2D eigenvalue weighted by molar-refractivity contribution is 7.98. The molecule has 3 rings (SSSR count). The maximum atomic E-state index is 13.8. The van der Waals surface area contributed by atoms with E-state index in [0.29, 0.717) is 12.3 Å². The van der Waals surface area contributed by atoms with Gasteiger partial charge in [0.2, 0.25) is 5.89 Å². The molecule has 0 saturated heterocycles. The summed E-state index contributed by atoms with van der Waals surface area (Å²) in [5.74, 6) is -0.150. The van der Waals surface area contributed by atoms with E-state index in [0.717, 1.165) is 17.3 Å². The second kappa shape index (κ2) is 7.22. The molecule has 0 bridgehead atoms. The SMILES string of the molecule is O=[N+]([O-])c1cccc(F)c1CSc1nnc(Cc2ccccc2)o1. The minimum absolute atomic E-state index is 0.00955. The molecule has 24 heavy (non-hydrogen) atoms. The zero-order valence-electron chi connectivity index (χ0n) is 12.4. The highest BCUT2D eigenvalue weighted by Gasteiger charge is 2.19. The molecule has 0 aliphatic heterocycles. The molecule has 0 fully saturated rings. The molecule has 2 aromatic carbocycles. The number of rotatable bonds is 6. The van der Waals surface area contributed by atoms with Crippen LogP contribution in [0.15, 0.2) is 58.2 Å². The van der Waals surface area contributed by atoms with Crippen LogP contribution >= 0.6 is 11.8 Å². The topological polar surface area (TPSA) is 82.1 Å². The minimum Gasteiger partial charge on any atom is -0.416 e. The van der Waals surface area contributed by atoms with E-state index >= 15 is 0 Å². The van der Waals surface area contributed by atoms with Gasteiger partial charge in [-0.3, -0.25) is 10.1 Å². The Morgan fingerprint density at radius 3 is 2.67 bits per heavy atom. The monoisotopic (exact) mass is 345 g/mol. The summed E-state index contributed by atoms with van der Waals surface area (Å²) in [5, 5.41) is 19.0. The van der Waals surface area contributed by atoms with Crippen LogP contribution in [0, 0.1) is 15.9 Å². The van der Waals surface area contributed by atoms with E-state index in [4.69, 9.17) is 4.42 Å². The first-order chi connectivity index (χ1) is 11.6. The quantitative estimate of drug-likeness (QED) is 0.381. The summed E-state index contributed by atoms with van der Waals surface area (Å²) >= 11 is 1.07. The fraction of sp³-hybridized carbons (Fsp3) is 0.125. The molecule has 8 heteroatoms. The molecule has 0 aliphatic carbocycles. The van der Waals surface area contributed by atoms with E-state index in [2.05, 4.69) is 10.2 Å². The molecule has 0 amide bonds. The van der Waals surface area contributed by atoms with Crippen molar-refractivity contribution in [2.45, 2.75) is 17.4 Å². The van der Waals surface area contributed by atoms with E-state index in [9.17, 15) is 14.5 Å². The number of halogens is 1. The molecule has 0 unspecified atom stereocenters. The molecular weight excluding hydrogens is 333 g/mol. The summed E-state index contributed by atoms with van der Waals surface area (Å²) in [7, 11) is 0. The van der Waals surface area contributed by atoms with Crippen molar-refractivity contribution in [3.63, 3.8) is 0 Å². The Balaban J connectivity index is 1.69. The largest absolute Gasteiger partial charge is 0.416 e. The molecule has 0 atom stereocenters. The minimum atomic E-state index is -0.624. The zero-order chi connectivity index (χ0) is 16.9. The summed E-state index contributed by atoms with van der Waals surface area (Å²) < 4.78 is 19.3. The van der Waals surface area contributed by atoms with Gasteiger partial charge in [0.25, 0.3) is 10.9 Å². The third-order valence-corrected chi connectivity index (χ3v) is 4.12. The second-order valence-electron chi connectivity index (χ2n) is 4.91. The summed E-state index contributed by atoms with van der Waals surface area (Å²) in [6.45, 7) is 0. The Hall–Kier alpha value is -2.74. The van der Waals surface area contributed by atoms with Gasteiger partial charge in [-0.2, -0.15) is 0 Å². The number of hydrogen-bond donors (Lipinski definition) is 0. The van der Waals surface area contributed by atoms with Crippen LogP contribution in [0.4, 0.5) is 10.1 Å². The number of nitro groups is 1. The third-order valence-electron chi connectivity index (χ3n) is 3.28. The number of nitrogens with zero attached hydrogens (tertiary/aromatic N) is 3. The van der Waals surface area contributed by atoms with Gasteiger partial charge >= 0.3 is 0 Å². The molecule has 0 saturated carbocycles. The fourth-order valence-electron chi connectivity index (χ4n) is 2.13. The maximum Gasteiger partial charge on any atom is 0.276 e. The van der Waals surface area contributed by atoms with Crippen molar-refractivity contribution in [2.24, 2.45) is 0 Å². The lowest BCUT2D eigenvalue weighted by atomic mass is 10.2. The van der Waals surface area contributed by atoms with Crippen molar-refractivity contribution < 1.29 is 13.7 Å². The van der Waals surface area contributed by atoms with Crippen molar-refractivity contribution in [2.75, 3.05) is 0 Å². The third kappa shape index (κ3) is 3.77. The first-order valence-electron chi connectivity index (χ1n) is 7.04. The number of hydrogen-bond acceptors (Lipinski definition) is 6. The maximum absolute atomic E-state index is 13.8. The molecule has 3 aromatic rings. The van der Waals surface area contributed by atoms with Gasteiger partial charge in [0.1, 0.15) is 5.82 Å². The first-order valence-corrected chi connectivity index (χ1v) is 8.03. The van der Waals surface area contributed by atoms with Crippen LogP contribution in [0.1, 0.15) is 17.0 Å².